The van der Waals surface area contributed by atoms with E-state index in [0.29, 0.717) is 31.3 Å². The van der Waals surface area contributed by atoms with Crippen molar-refractivity contribution in [2.75, 3.05) is 19.6 Å². The van der Waals surface area contributed by atoms with Crippen LogP contribution in [0.15, 0.2) is 4.99 Å². The van der Waals surface area contributed by atoms with Gasteiger partial charge in [-0.3, -0.25) is 9.79 Å². The number of nitrogens with zero attached hydrogens (tertiary/aromatic N) is 1. The van der Waals surface area contributed by atoms with Gasteiger partial charge in [0.1, 0.15) is 0 Å². The molecule has 2 fully saturated rings. The molecule has 23 heavy (non-hydrogen) atoms. The van der Waals surface area contributed by atoms with E-state index in [2.05, 4.69) is 27.9 Å². The molecule has 0 aromatic carbocycles. The Hall–Kier alpha value is -0.570. The quantitative estimate of drug-likeness (QED) is 0.264. The molecule has 0 aromatic heterocycles. The van der Waals surface area contributed by atoms with Crippen LogP contribution in [0, 0.1) is 5.41 Å². The Kier molecular flexibility index (Phi) is 8.06. The predicted molar refractivity (Wildman–Crippen MR) is 103 cm³/mol. The molecule has 3 N–H and O–H groups in total. The summed E-state index contributed by atoms with van der Waals surface area (Å²) in [6, 6.07) is 0.362. The van der Waals surface area contributed by atoms with E-state index in [0.717, 1.165) is 25.3 Å². The van der Waals surface area contributed by atoms with Crippen molar-refractivity contribution in [2.45, 2.75) is 65.2 Å². The van der Waals surface area contributed by atoms with E-state index in [9.17, 15) is 4.79 Å². The fourth-order valence-corrected chi connectivity index (χ4v) is 2.89. The number of guanidine groups is 1. The van der Waals surface area contributed by atoms with Crippen molar-refractivity contribution in [3.8, 4) is 0 Å². The van der Waals surface area contributed by atoms with Crippen molar-refractivity contribution in [3.63, 3.8) is 0 Å². The van der Waals surface area contributed by atoms with Crippen LogP contribution in [-0.2, 0) is 9.53 Å². The van der Waals surface area contributed by atoms with Gasteiger partial charge in [0.25, 0.3) is 0 Å². The fourth-order valence-electron chi connectivity index (χ4n) is 2.89. The van der Waals surface area contributed by atoms with Crippen molar-refractivity contribution < 1.29 is 9.53 Å². The van der Waals surface area contributed by atoms with E-state index < -0.39 is 0 Å². The van der Waals surface area contributed by atoms with Crippen LogP contribution in [0.4, 0.5) is 0 Å². The molecule has 0 saturated carbocycles. The zero-order valence-electron chi connectivity index (χ0n) is 14.6. The highest BCUT2D eigenvalue weighted by Crippen LogP contribution is 2.34. The van der Waals surface area contributed by atoms with Gasteiger partial charge in [-0.25, -0.2) is 0 Å². The minimum absolute atomic E-state index is 0. The summed E-state index contributed by atoms with van der Waals surface area (Å²) in [5.74, 6) is 0.871. The van der Waals surface area contributed by atoms with Crippen molar-refractivity contribution in [2.24, 2.45) is 10.4 Å². The predicted octanol–water partition coefficient (Wildman–Crippen LogP) is 1.64. The minimum atomic E-state index is -0.354. The second-order valence-corrected chi connectivity index (χ2v) is 7.13. The first-order valence-corrected chi connectivity index (χ1v) is 8.38. The summed E-state index contributed by atoms with van der Waals surface area (Å²) in [4.78, 5) is 16.3. The molecular weight excluding hydrogens is 407 g/mol. The van der Waals surface area contributed by atoms with Gasteiger partial charge in [-0.2, -0.15) is 0 Å². The van der Waals surface area contributed by atoms with E-state index in [1.165, 1.54) is 6.42 Å². The van der Waals surface area contributed by atoms with Gasteiger partial charge in [-0.05, 0) is 26.2 Å². The molecule has 2 aliphatic heterocycles. The van der Waals surface area contributed by atoms with Crippen molar-refractivity contribution in [1.29, 1.82) is 0 Å². The normalized spacial score (nSPS) is 26.6. The zero-order chi connectivity index (χ0) is 16.2. The third-order valence-corrected chi connectivity index (χ3v) is 4.12. The van der Waals surface area contributed by atoms with E-state index in [4.69, 9.17) is 4.74 Å². The molecule has 2 bridgehead atoms. The number of carbonyl (C=O) groups is 1. The molecule has 2 rings (SSSR count). The fraction of sp³-hybridized carbons (Fsp3) is 0.875. The van der Waals surface area contributed by atoms with Crippen LogP contribution in [0.5, 0.6) is 0 Å². The van der Waals surface area contributed by atoms with Crippen LogP contribution in [-0.4, -0.2) is 49.8 Å². The van der Waals surface area contributed by atoms with Gasteiger partial charge in [-0.15, -0.1) is 24.0 Å². The summed E-state index contributed by atoms with van der Waals surface area (Å²) in [7, 11) is 0. The molecule has 3 atom stereocenters. The molecule has 0 spiro atoms. The first-order chi connectivity index (χ1) is 10.4. The third-order valence-electron chi connectivity index (χ3n) is 4.12. The second-order valence-electron chi connectivity index (χ2n) is 7.13. The Morgan fingerprint density at radius 2 is 2.00 bits per heavy atom. The maximum absolute atomic E-state index is 11.8. The molecule has 2 heterocycles. The first-order valence-electron chi connectivity index (χ1n) is 8.38. The topological polar surface area (TPSA) is 74.8 Å². The number of ether oxygens (including phenoxy) is 1. The number of aliphatic imine (C=N–C) groups is 1. The van der Waals surface area contributed by atoms with Crippen LogP contribution in [0.25, 0.3) is 0 Å². The minimum Gasteiger partial charge on any atom is -0.373 e. The molecular formula is C16H31IN4O2. The van der Waals surface area contributed by atoms with Gasteiger partial charge in [0.15, 0.2) is 5.96 Å². The molecule has 134 valence electrons. The van der Waals surface area contributed by atoms with E-state index in [-0.39, 0.29) is 35.3 Å². The Morgan fingerprint density at radius 1 is 1.26 bits per heavy atom. The first kappa shape index (κ1) is 20.5. The smallest absolute Gasteiger partial charge is 0.225 e. The number of nitrogens with one attached hydrogen (secondary N) is 3. The highest BCUT2D eigenvalue weighted by Gasteiger charge is 2.41. The Bertz CT molecular complexity index is 423. The summed E-state index contributed by atoms with van der Waals surface area (Å²) >= 11 is 0. The van der Waals surface area contributed by atoms with Gasteiger partial charge in [-0.1, -0.05) is 20.8 Å². The van der Waals surface area contributed by atoms with Gasteiger partial charge in [0.05, 0.1) is 24.8 Å². The maximum atomic E-state index is 11.8. The molecule has 0 aromatic rings. The highest BCUT2D eigenvalue weighted by molar-refractivity contribution is 14.0. The van der Waals surface area contributed by atoms with E-state index in [1.807, 2.05) is 20.8 Å². The van der Waals surface area contributed by atoms with Crippen molar-refractivity contribution in [1.82, 2.24) is 16.0 Å². The third kappa shape index (κ3) is 6.10. The molecule has 6 nitrogen and oxygen atoms in total. The molecule has 7 heteroatoms. The molecule has 1 amide bonds. The SMILES string of the molecule is CCNC(=NCCNC(=O)C(C)(C)C)NC1CC2CCC1O2.I. The van der Waals surface area contributed by atoms with Gasteiger partial charge >= 0.3 is 0 Å². The number of halogens is 1. The zero-order valence-corrected chi connectivity index (χ0v) is 17.0. The monoisotopic (exact) mass is 438 g/mol. The number of amides is 1. The lowest BCUT2D eigenvalue weighted by molar-refractivity contribution is -0.128. The van der Waals surface area contributed by atoms with E-state index >= 15 is 0 Å². The van der Waals surface area contributed by atoms with Crippen LogP contribution in [0.2, 0.25) is 0 Å². The lowest BCUT2D eigenvalue weighted by Gasteiger charge is -2.22. The Balaban J connectivity index is 0.00000264. The van der Waals surface area contributed by atoms with Crippen LogP contribution in [0.1, 0.15) is 47.0 Å². The lowest BCUT2D eigenvalue weighted by atomic mass is 9.96. The number of rotatable bonds is 5. The summed E-state index contributed by atoms with van der Waals surface area (Å²) in [6.07, 6.45) is 4.15. The highest BCUT2D eigenvalue weighted by atomic mass is 127. The maximum Gasteiger partial charge on any atom is 0.225 e. The Morgan fingerprint density at radius 3 is 2.52 bits per heavy atom. The van der Waals surface area contributed by atoms with Crippen LogP contribution < -0.4 is 16.0 Å². The van der Waals surface area contributed by atoms with Crippen LogP contribution >= 0.6 is 24.0 Å². The lowest BCUT2D eigenvalue weighted by Crippen LogP contribution is -2.47. The van der Waals surface area contributed by atoms with Crippen LogP contribution in [0.3, 0.4) is 0 Å². The van der Waals surface area contributed by atoms with Crippen molar-refractivity contribution in [3.05, 3.63) is 0 Å². The summed E-state index contributed by atoms with van der Waals surface area (Å²) < 4.78 is 5.86. The number of fused-ring (bicyclic) bond motifs is 2. The summed E-state index contributed by atoms with van der Waals surface area (Å²) in [5, 5.41) is 9.64. The summed E-state index contributed by atoms with van der Waals surface area (Å²) in [6.45, 7) is 9.72. The summed E-state index contributed by atoms with van der Waals surface area (Å²) in [5.41, 5.74) is -0.354. The Labute approximate surface area is 156 Å². The largest absolute Gasteiger partial charge is 0.373 e. The van der Waals surface area contributed by atoms with E-state index in [1.54, 1.807) is 0 Å². The number of hydrogen-bond acceptors (Lipinski definition) is 3. The number of hydrogen-bond donors (Lipinski definition) is 3. The van der Waals surface area contributed by atoms with Gasteiger partial charge < -0.3 is 20.7 Å². The van der Waals surface area contributed by atoms with Crippen molar-refractivity contribution >= 4 is 35.8 Å². The molecule has 2 aliphatic rings. The van der Waals surface area contributed by atoms with Gasteiger partial charge in [0, 0.05) is 18.5 Å². The standard InChI is InChI=1S/C16H30N4O2.HI/c1-5-17-15(19-9-8-18-14(21)16(2,3)4)20-12-10-11-6-7-13(12)22-11;/h11-13H,5-10H2,1-4H3,(H,18,21)(H2,17,19,20);1H. The second kappa shape index (κ2) is 9.05. The average molecular weight is 438 g/mol. The molecule has 3 unspecified atom stereocenters. The molecule has 2 saturated heterocycles. The average Bonchev–Trinajstić information content (AvgIpc) is 3.04. The molecule has 0 radical (unpaired) electrons. The van der Waals surface area contributed by atoms with Gasteiger partial charge in [0.2, 0.25) is 5.91 Å². The molecule has 0 aliphatic carbocycles. The number of carbonyl (C=O) groups excluding carboxylic acids is 1.